The maximum absolute atomic E-state index is 11.9. The zero-order chi connectivity index (χ0) is 18.2. The average molecular weight is 367 g/mol. The van der Waals surface area contributed by atoms with Crippen LogP contribution in [0.1, 0.15) is 24.9 Å². The number of ether oxygens (including phenoxy) is 1. The molecule has 9 heteroatoms. The maximum atomic E-state index is 11.9. The van der Waals surface area contributed by atoms with Crippen LogP contribution >= 0.6 is 11.6 Å². The van der Waals surface area contributed by atoms with E-state index in [2.05, 4.69) is 15.4 Å². The largest absolute Gasteiger partial charge is 0.411 e. The third kappa shape index (κ3) is 8.73. The van der Waals surface area contributed by atoms with Gasteiger partial charge in [0.25, 0.3) is 0 Å². The van der Waals surface area contributed by atoms with E-state index >= 15 is 0 Å². The first kappa shape index (κ1) is 20.2. The lowest BCUT2D eigenvalue weighted by Crippen LogP contribution is -2.34. The van der Waals surface area contributed by atoms with Crippen LogP contribution in [0.5, 0.6) is 0 Å². The Balaban J connectivity index is 2.47. The van der Waals surface area contributed by atoms with Crippen LogP contribution in [0.25, 0.3) is 0 Å². The molecule has 5 nitrogen and oxygen atoms in total. The molecule has 0 aromatic heterocycles. The molecule has 1 aromatic rings. The third-order valence-corrected chi connectivity index (χ3v) is 3.13. The van der Waals surface area contributed by atoms with Crippen LogP contribution in [-0.4, -0.2) is 37.7 Å². The van der Waals surface area contributed by atoms with E-state index < -0.39 is 24.7 Å². The van der Waals surface area contributed by atoms with Crippen molar-refractivity contribution in [2.24, 2.45) is 0 Å². The van der Waals surface area contributed by atoms with Gasteiger partial charge < -0.3 is 15.4 Å². The molecule has 0 spiro atoms. The molecule has 0 saturated heterocycles. The van der Waals surface area contributed by atoms with E-state index in [1.165, 1.54) is 6.92 Å². The lowest BCUT2D eigenvalue weighted by molar-refractivity contribution is -0.173. The number of hydrogen-bond donors (Lipinski definition) is 2. The number of amides is 2. The van der Waals surface area contributed by atoms with Gasteiger partial charge in [-0.15, -0.1) is 0 Å². The minimum Gasteiger partial charge on any atom is -0.370 e. The van der Waals surface area contributed by atoms with Gasteiger partial charge in [-0.1, -0.05) is 23.7 Å². The van der Waals surface area contributed by atoms with Crippen molar-refractivity contribution in [3.05, 3.63) is 34.9 Å². The number of halogens is 4. The van der Waals surface area contributed by atoms with E-state index in [9.17, 15) is 22.8 Å². The van der Waals surface area contributed by atoms with Crippen molar-refractivity contribution < 1.29 is 27.5 Å². The SMILES string of the molecule is CC(=O)NC(CC(=O)NCCOCC(F)(F)F)c1ccc(Cl)cc1. The highest BCUT2D eigenvalue weighted by Crippen LogP contribution is 2.19. The standard InChI is InChI=1S/C15H18ClF3N2O3/c1-10(22)21-13(11-2-4-12(16)5-3-11)8-14(23)20-6-7-24-9-15(17,18)19/h2-5,13H,6-9H2,1H3,(H,20,23)(H,21,22). The fraction of sp³-hybridized carbons (Fsp3) is 0.467. The number of benzene rings is 1. The van der Waals surface area contributed by atoms with E-state index in [4.69, 9.17) is 11.6 Å². The van der Waals surface area contributed by atoms with Crippen LogP contribution in [0.2, 0.25) is 5.02 Å². The summed E-state index contributed by atoms with van der Waals surface area (Å²) < 4.78 is 40.1. The van der Waals surface area contributed by atoms with Crippen molar-refractivity contribution in [1.82, 2.24) is 10.6 Å². The van der Waals surface area contributed by atoms with Gasteiger partial charge >= 0.3 is 6.18 Å². The first-order valence-corrected chi connectivity index (χ1v) is 7.49. The summed E-state index contributed by atoms with van der Waals surface area (Å²) in [5.74, 6) is -0.726. The predicted octanol–water partition coefficient (Wildman–Crippen LogP) is 2.60. The molecule has 1 unspecified atom stereocenters. The van der Waals surface area contributed by atoms with Gasteiger partial charge in [0.2, 0.25) is 11.8 Å². The Kier molecular flexibility index (Phi) is 8.00. The van der Waals surface area contributed by atoms with Crippen LogP contribution in [0.4, 0.5) is 13.2 Å². The van der Waals surface area contributed by atoms with Crippen molar-refractivity contribution in [3.63, 3.8) is 0 Å². The lowest BCUT2D eigenvalue weighted by Gasteiger charge is -2.18. The van der Waals surface area contributed by atoms with Gasteiger partial charge in [-0.3, -0.25) is 9.59 Å². The van der Waals surface area contributed by atoms with E-state index in [0.717, 1.165) is 0 Å². The molecule has 1 aromatic carbocycles. The van der Waals surface area contributed by atoms with Crippen LogP contribution in [0, 0.1) is 0 Å². The summed E-state index contributed by atoms with van der Waals surface area (Å²) in [6, 6.07) is 6.07. The van der Waals surface area contributed by atoms with Crippen molar-refractivity contribution in [2.75, 3.05) is 19.8 Å². The van der Waals surface area contributed by atoms with Crippen LogP contribution in [0.3, 0.4) is 0 Å². The Morgan fingerprint density at radius 3 is 2.42 bits per heavy atom. The molecule has 0 saturated carbocycles. The summed E-state index contributed by atoms with van der Waals surface area (Å²) >= 11 is 5.80. The zero-order valence-electron chi connectivity index (χ0n) is 13.0. The van der Waals surface area contributed by atoms with E-state index in [1.807, 2.05) is 0 Å². The first-order valence-electron chi connectivity index (χ1n) is 7.11. The van der Waals surface area contributed by atoms with Gasteiger partial charge in [-0.05, 0) is 17.7 Å². The van der Waals surface area contributed by atoms with Crippen molar-refractivity contribution in [3.8, 4) is 0 Å². The monoisotopic (exact) mass is 366 g/mol. The molecule has 1 atom stereocenters. The topological polar surface area (TPSA) is 67.4 Å². The lowest BCUT2D eigenvalue weighted by atomic mass is 10.0. The van der Waals surface area contributed by atoms with Gasteiger partial charge in [0.15, 0.2) is 0 Å². The number of alkyl halides is 3. The Morgan fingerprint density at radius 2 is 1.88 bits per heavy atom. The molecule has 0 aliphatic carbocycles. The fourth-order valence-corrected chi connectivity index (χ4v) is 2.03. The van der Waals surface area contributed by atoms with Crippen molar-refractivity contribution in [2.45, 2.75) is 25.6 Å². The smallest absolute Gasteiger partial charge is 0.370 e. The Hall–Kier alpha value is -1.80. The minimum atomic E-state index is -4.39. The highest BCUT2D eigenvalue weighted by molar-refractivity contribution is 6.30. The summed E-state index contributed by atoms with van der Waals surface area (Å²) in [6.45, 7) is -0.340. The molecule has 134 valence electrons. The number of carbonyl (C=O) groups is 2. The minimum absolute atomic E-state index is 0.0533. The van der Waals surface area contributed by atoms with Crippen LogP contribution in [0.15, 0.2) is 24.3 Å². The highest BCUT2D eigenvalue weighted by Gasteiger charge is 2.27. The molecule has 24 heavy (non-hydrogen) atoms. The number of hydrogen-bond acceptors (Lipinski definition) is 3. The third-order valence-electron chi connectivity index (χ3n) is 2.87. The molecular formula is C15H18ClF3N2O3. The second kappa shape index (κ2) is 9.48. The predicted molar refractivity (Wildman–Crippen MR) is 82.5 cm³/mol. The quantitative estimate of drug-likeness (QED) is 0.695. The molecular weight excluding hydrogens is 349 g/mol. The molecule has 0 aliphatic rings. The van der Waals surface area contributed by atoms with Gasteiger partial charge in [0.1, 0.15) is 6.61 Å². The molecule has 0 bridgehead atoms. The molecule has 0 aliphatic heterocycles. The van der Waals surface area contributed by atoms with Gasteiger partial charge in [-0.2, -0.15) is 13.2 Å². The van der Waals surface area contributed by atoms with Gasteiger partial charge in [0.05, 0.1) is 19.1 Å². The number of rotatable bonds is 8. The van der Waals surface area contributed by atoms with E-state index in [0.29, 0.717) is 10.6 Å². The number of carbonyl (C=O) groups excluding carboxylic acids is 2. The Bertz CT molecular complexity index is 550. The summed E-state index contributed by atoms with van der Waals surface area (Å²) in [5, 5.41) is 5.61. The second-order valence-corrected chi connectivity index (χ2v) is 5.46. The Labute approximate surface area is 142 Å². The normalized spacial score (nSPS) is 12.5. The Morgan fingerprint density at radius 1 is 1.25 bits per heavy atom. The maximum Gasteiger partial charge on any atom is 0.411 e. The van der Waals surface area contributed by atoms with Crippen LogP contribution < -0.4 is 10.6 Å². The van der Waals surface area contributed by atoms with Crippen LogP contribution in [-0.2, 0) is 14.3 Å². The number of nitrogens with one attached hydrogen (secondary N) is 2. The van der Waals surface area contributed by atoms with Gasteiger partial charge in [0, 0.05) is 18.5 Å². The van der Waals surface area contributed by atoms with Gasteiger partial charge in [-0.25, -0.2) is 0 Å². The zero-order valence-corrected chi connectivity index (χ0v) is 13.7. The van der Waals surface area contributed by atoms with Crippen molar-refractivity contribution >= 4 is 23.4 Å². The summed E-state index contributed by atoms with van der Waals surface area (Å²) in [4.78, 5) is 23.1. The molecule has 2 N–H and O–H groups in total. The molecule has 0 radical (unpaired) electrons. The van der Waals surface area contributed by atoms with E-state index in [1.54, 1.807) is 24.3 Å². The second-order valence-electron chi connectivity index (χ2n) is 5.03. The first-order chi connectivity index (χ1) is 11.2. The molecule has 0 fully saturated rings. The van der Waals surface area contributed by atoms with Crippen molar-refractivity contribution in [1.29, 1.82) is 0 Å². The average Bonchev–Trinajstić information content (AvgIpc) is 2.45. The molecule has 2 amide bonds. The molecule has 1 rings (SSSR count). The summed E-state index contributed by atoms with van der Waals surface area (Å²) in [5.41, 5.74) is 0.693. The molecule has 0 heterocycles. The fourth-order valence-electron chi connectivity index (χ4n) is 1.90. The van der Waals surface area contributed by atoms with E-state index in [-0.39, 0.29) is 25.5 Å². The summed E-state index contributed by atoms with van der Waals surface area (Å²) in [7, 11) is 0. The summed E-state index contributed by atoms with van der Waals surface area (Å²) in [6.07, 6.45) is -4.45. The highest BCUT2D eigenvalue weighted by atomic mass is 35.5.